The minimum atomic E-state index is -0.138. The summed E-state index contributed by atoms with van der Waals surface area (Å²) in [6.07, 6.45) is -0.138. The Bertz CT molecular complexity index is 419. The van der Waals surface area contributed by atoms with Crippen molar-refractivity contribution in [3.8, 4) is 5.75 Å². The van der Waals surface area contributed by atoms with E-state index in [1.165, 1.54) is 5.56 Å². The van der Waals surface area contributed by atoms with Gasteiger partial charge in [-0.25, -0.2) is 0 Å². The molecule has 0 saturated heterocycles. The lowest BCUT2D eigenvalue weighted by Crippen LogP contribution is -2.16. The minimum Gasteiger partial charge on any atom is -0.496 e. The molecule has 0 radical (unpaired) electrons. The van der Waals surface area contributed by atoms with E-state index >= 15 is 0 Å². The number of hydrogen-bond acceptors (Lipinski definition) is 3. The van der Waals surface area contributed by atoms with Crippen molar-refractivity contribution in [1.82, 2.24) is 0 Å². The molecule has 0 bridgehead atoms. The normalized spacial score (nSPS) is 13.4. The fourth-order valence-electron chi connectivity index (χ4n) is 2.05. The molecule has 0 aliphatic rings. The Balaban J connectivity index is 3.06. The van der Waals surface area contributed by atoms with Gasteiger partial charge in [-0.05, 0) is 36.5 Å². The molecule has 3 heteroatoms. The first-order valence-corrected chi connectivity index (χ1v) is 6.70. The van der Waals surface area contributed by atoms with E-state index in [0.717, 1.165) is 16.9 Å². The zero-order chi connectivity index (χ0) is 14.6. The number of aliphatic hydroxyl groups is 1. The summed E-state index contributed by atoms with van der Waals surface area (Å²) in [5.74, 6) is 0.950. The Morgan fingerprint density at radius 2 is 1.89 bits per heavy atom. The highest BCUT2D eigenvalue weighted by Gasteiger charge is 2.21. The molecule has 0 aromatic heterocycles. The minimum absolute atomic E-state index is 0.0225. The summed E-state index contributed by atoms with van der Waals surface area (Å²) < 4.78 is 11.1. The van der Waals surface area contributed by atoms with Crippen LogP contribution in [0.5, 0.6) is 5.75 Å². The third kappa shape index (κ3) is 4.22. The van der Waals surface area contributed by atoms with Gasteiger partial charge in [0.2, 0.25) is 0 Å². The Morgan fingerprint density at radius 1 is 1.26 bits per heavy atom. The van der Waals surface area contributed by atoms with Crippen LogP contribution in [-0.4, -0.2) is 24.9 Å². The van der Waals surface area contributed by atoms with E-state index in [4.69, 9.17) is 14.6 Å². The first kappa shape index (κ1) is 16.0. The molecule has 0 heterocycles. The number of methoxy groups -OCH3 is 1. The standard InChI is InChI=1S/C16H26O3/c1-11-7-13(10-19-12(2)9-17)8-14(15(11)18-6)16(3,4)5/h7-8,12,17H,9-10H2,1-6H3. The summed E-state index contributed by atoms with van der Waals surface area (Å²) in [5, 5.41) is 8.99. The number of hydrogen-bond donors (Lipinski definition) is 1. The largest absolute Gasteiger partial charge is 0.496 e. The SMILES string of the molecule is COc1c(C)cc(COC(C)CO)cc1C(C)(C)C. The summed E-state index contributed by atoms with van der Waals surface area (Å²) in [6.45, 7) is 11.0. The molecule has 0 fully saturated rings. The third-order valence-electron chi connectivity index (χ3n) is 3.14. The Labute approximate surface area is 116 Å². The fourth-order valence-corrected chi connectivity index (χ4v) is 2.05. The highest BCUT2D eigenvalue weighted by Crippen LogP contribution is 2.35. The lowest BCUT2D eigenvalue weighted by atomic mass is 9.84. The fraction of sp³-hybridized carbons (Fsp3) is 0.625. The molecule has 1 atom stereocenters. The van der Waals surface area contributed by atoms with Gasteiger partial charge in [0.05, 0.1) is 26.4 Å². The van der Waals surface area contributed by atoms with E-state index in [-0.39, 0.29) is 18.1 Å². The van der Waals surface area contributed by atoms with E-state index in [0.29, 0.717) is 6.61 Å². The van der Waals surface area contributed by atoms with Gasteiger partial charge in [-0.1, -0.05) is 26.8 Å². The molecule has 1 aromatic rings. The molecule has 1 unspecified atom stereocenters. The quantitative estimate of drug-likeness (QED) is 0.889. The van der Waals surface area contributed by atoms with Gasteiger partial charge in [-0.2, -0.15) is 0 Å². The van der Waals surface area contributed by atoms with Crippen molar-refractivity contribution in [2.24, 2.45) is 0 Å². The smallest absolute Gasteiger partial charge is 0.125 e. The van der Waals surface area contributed by atoms with Crippen molar-refractivity contribution < 1.29 is 14.6 Å². The molecule has 19 heavy (non-hydrogen) atoms. The molecule has 1 aromatic carbocycles. The molecule has 1 N–H and O–H groups in total. The topological polar surface area (TPSA) is 38.7 Å². The predicted molar refractivity (Wildman–Crippen MR) is 77.8 cm³/mol. The van der Waals surface area contributed by atoms with Crippen LogP contribution in [0, 0.1) is 6.92 Å². The molecule has 0 aliphatic heterocycles. The number of aliphatic hydroxyl groups excluding tert-OH is 1. The lowest BCUT2D eigenvalue weighted by molar-refractivity contribution is 0.0144. The van der Waals surface area contributed by atoms with Crippen LogP contribution >= 0.6 is 0 Å². The van der Waals surface area contributed by atoms with E-state index in [2.05, 4.69) is 32.9 Å². The van der Waals surface area contributed by atoms with Gasteiger partial charge >= 0.3 is 0 Å². The molecule has 0 saturated carbocycles. The van der Waals surface area contributed by atoms with Gasteiger partial charge < -0.3 is 14.6 Å². The maximum Gasteiger partial charge on any atom is 0.125 e. The van der Waals surface area contributed by atoms with Crippen LogP contribution in [0.2, 0.25) is 0 Å². The molecule has 1 rings (SSSR count). The monoisotopic (exact) mass is 266 g/mol. The van der Waals surface area contributed by atoms with Crippen molar-refractivity contribution >= 4 is 0 Å². The molecule has 3 nitrogen and oxygen atoms in total. The molecule has 0 amide bonds. The first-order valence-electron chi connectivity index (χ1n) is 6.70. The van der Waals surface area contributed by atoms with E-state index < -0.39 is 0 Å². The van der Waals surface area contributed by atoms with Crippen molar-refractivity contribution in [2.45, 2.75) is 52.7 Å². The van der Waals surface area contributed by atoms with Crippen LogP contribution in [0.3, 0.4) is 0 Å². The van der Waals surface area contributed by atoms with Crippen LogP contribution < -0.4 is 4.74 Å². The molecular weight excluding hydrogens is 240 g/mol. The maximum atomic E-state index is 8.99. The summed E-state index contributed by atoms with van der Waals surface area (Å²) in [7, 11) is 1.71. The van der Waals surface area contributed by atoms with Crippen LogP contribution in [0.4, 0.5) is 0 Å². The lowest BCUT2D eigenvalue weighted by Gasteiger charge is -2.24. The maximum absolute atomic E-state index is 8.99. The van der Waals surface area contributed by atoms with Gasteiger partial charge in [0.1, 0.15) is 5.75 Å². The molecule has 0 aliphatic carbocycles. The van der Waals surface area contributed by atoms with Crippen LogP contribution in [0.15, 0.2) is 12.1 Å². The van der Waals surface area contributed by atoms with Gasteiger partial charge in [-0.15, -0.1) is 0 Å². The number of ether oxygens (including phenoxy) is 2. The van der Waals surface area contributed by atoms with E-state index in [1.54, 1.807) is 7.11 Å². The first-order chi connectivity index (χ1) is 8.79. The second-order valence-corrected chi connectivity index (χ2v) is 6.05. The van der Waals surface area contributed by atoms with Crippen molar-refractivity contribution in [1.29, 1.82) is 0 Å². The van der Waals surface area contributed by atoms with Gasteiger partial charge in [0.25, 0.3) is 0 Å². The average Bonchev–Trinajstić information content (AvgIpc) is 2.34. The summed E-state index contributed by atoms with van der Waals surface area (Å²) in [6, 6.07) is 4.22. The Hall–Kier alpha value is -1.06. The molecule has 108 valence electrons. The number of rotatable bonds is 5. The summed E-state index contributed by atoms with van der Waals surface area (Å²) in [5.41, 5.74) is 3.44. The third-order valence-corrected chi connectivity index (χ3v) is 3.14. The molecular formula is C16H26O3. The zero-order valence-electron chi connectivity index (χ0n) is 12.9. The van der Waals surface area contributed by atoms with Crippen LogP contribution in [-0.2, 0) is 16.8 Å². The van der Waals surface area contributed by atoms with Gasteiger partial charge in [0.15, 0.2) is 0 Å². The summed E-state index contributed by atoms with van der Waals surface area (Å²) in [4.78, 5) is 0. The van der Waals surface area contributed by atoms with E-state index in [9.17, 15) is 0 Å². The zero-order valence-corrected chi connectivity index (χ0v) is 12.9. The molecule has 0 spiro atoms. The highest BCUT2D eigenvalue weighted by atomic mass is 16.5. The Morgan fingerprint density at radius 3 is 2.37 bits per heavy atom. The van der Waals surface area contributed by atoms with Crippen LogP contribution in [0.1, 0.15) is 44.4 Å². The second kappa shape index (κ2) is 6.40. The van der Waals surface area contributed by atoms with Gasteiger partial charge in [0, 0.05) is 5.56 Å². The van der Waals surface area contributed by atoms with E-state index in [1.807, 2.05) is 13.8 Å². The number of aryl methyl sites for hydroxylation is 1. The van der Waals surface area contributed by atoms with Crippen LogP contribution in [0.25, 0.3) is 0 Å². The Kier molecular flexibility index (Phi) is 5.39. The van der Waals surface area contributed by atoms with Crippen molar-refractivity contribution in [3.05, 3.63) is 28.8 Å². The second-order valence-electron chi connectivity index (χ2n) is 6.05. The number of benzene rings is 1. The van der Waals surface area contributed by atoms with Crippen molar-refractivity contribution in [2.75, 3.05) is 13.7 Å². The highest BCUT2D eigenvalue weighted by molar-refractivity contribution is 5.47. The summed E-state index contributed by atoms with van der Waals surface area (Å²) >= 11 is 0. The van der Waals surface area contributed by atoms with Gasteiger partial charge in [-0.3, -0.25) is 0 Å². The average molecular weight is 266 g/mol. The van der Waals surface area contributed by atoms with Crippen molar-refractivity contribution in [3.63, 3.8) is 0 Å². The predicted octanol–water partition coefficient (Wildman–Crippen LogP) is 3.20.